The molecule has 0 aromatic heterocycles. The zero-order chi connectivity index (χ0) is 19.6. The molecule has 144 valence electrons. The van der Waals surface area contributed by atoms with Crippen molar-refractivity contribution < 1.29 is 22.7 Å². The van der Waals surface area contributed by atoms with E-state index in [4.69, 9.17) is 0 Å². The Bertz CT molecular complexity index is 923. The molecule has 0 fully saturated rings. The van der Waals surface area contributed by atoms with E-state index in [-0.39, 0.29) is 5.56 Å². The van der Waals surface area contributed by atoms with E-state index in [1.165, 1.54) is 17.8 Å². The number of fused-ring (bicyclic) bond motifs is 2. The van der Waals surface area contributed by atoms with E-state index < -0.39 is 35.5 Å². The second-order valence-electron chi connectivity index (χ2n) is 7.57. The van der Waals surface area contributed by atoms with Gasteiger partial charge in [0.2, 0.25) is 0 Å². The highest BCUT2D eigenvalue weighted by molar-refractivity contribution is 7.98. The molecule has 0 saturated heterocycles. The Balaban J connectivity index is 1.94. The quantitative estimate of drug-likeness (QED) is 0.530. The minimum absolute atomic E-state index is 0.243. The van der Waals surface area contributed by atoms with Gasteiger partial charge >= 0.3 is 0 Å². The molecule has 2 aliphatic rings. The van der Waals surface area contributed by atoms with Crippen molar-refractivity contribution in [3.05, 3.63) is 63.7 Å². The first-order valence-corrected chi connectivity index (χ1v) is 10.2. The number of benzene rings is 2. The Morgan fingerprint density at radius 2 is 1.93 bits per heavy atom. The van der Waals surface area contributed by atoms with Crippen LogP contribution in [0.25, 0.3) is 0 Å². The van der Waals surface area contributed by atoms with Crippen LogP contribution < -0.4 is 0 Å². The van der Waals surface area contributed by atoms with Gasteiger partial charge in [-0.2, -0.15) is 0 Å². The number of hydrogen-bond donors (Lipinski definition) is 1. The van der Waals surface area contributed by atoms with Crippen molar-refractivity contribution in [3.8, 4) is 0 Å². The first kappa shape index (κ1) is 18.8. The normalized spacial score (nSPS) is 26.0. The van der Waals surface area contributed by atoms with Crippen molar-refractivity contribution in [2.75, 3.05) is 6.26 Å². The smallest absolute Gasteiger partial charge is 0.284 e. The van der Waals surface area contributed by atoms with Crippen LogP contribution >= 0.6 is 11.8 Å². The number of thioether (sulfide) groups is 1. The van der Waals surface area contributed by atoms with Crippen LogP contribution in [0.4, 0.5) is 17.6 Å². The molecule has 2 aromatic rings. The minimum atomic E-state index is -3.30. The molecule has 0 radical (unpaired) electrons. The van der Waals surface area contributed by atoms with E-state index in [1.54, 1.807) is 18.4 Å². The number of halogens is 4. The summed E-state index contributed by atoms with van der Waals surface area (Å²) in [6, 6.07) is 5.69. The predicted octanol–water partition coefficient (Wildman–Crippen LogP) is 5.55. The largest absolute Gasteiger partial charge is 0.379 e. The maximum absolute atomic E-state index is 14.6. The highest BCUT2D eigenvalue weighted by Crippen LogP contribution is 2.54. The van der Waals surface area contributed by atoms with Crippen molar-refractivity contribution in [1.82, 2.24) is 0 Å². The lowest BCUT2D eigenvalue weighted by Gasteiger charge is -2.29. The summed E-state index contributed by atoms with van der Waals surface area (Å²) in [5.74, 6) is -4.96. The molecule has 2 aromatic carbocycles. The van der Waals surface area contributed by atoms with E-state index in [0.29, 0.717) is 40.0 Å². The summed E-state index contributed by atoms with van der Waals surface area (Å²) in [7, 11) is 0. The Morgan fingerprint density at radius 1 is 1.19 bits per heavy atom. The predicted molar refractivity (Wildman–Crippen MR) is 97.6 cm³/mol. The van der Waals surface area contributed by atoms with Crippen LogP contribution in [0.15, 0.2) is 29.2 Å². The van der Waals surface area contributed by atoms with E-state index in [1.807, 2.05) is 0 Å². The average molecular weight is 396 g/mol. The van der Waals surface area contributed by atoms with Crippen molar-refractivity contribution in [3.63, 3.8) is 0 Å². The molecule has 0 saturated carbocycles. The SMILES string of the molecule is CSc1ccc([C@H]2CCCc3cc(F)cc(F)c32)c2c1C(C)(O)C(F)(F)C2. The summed E-state index contributed by atoms with van der Waals surface area (Å²) in [6.07, 6.45) is 3.11. The summed E-state index contributed by atoms with van der Waals surface area (Å²) in [6.45, 7) is 1.15. The van der Waals surface area contributed by atoms with Crippen LogP contribution in [0.5, 0.6) is 0 Å². The molecule has 4 rings (SSSR count). The molecule has 0 aliphatic heterocycles. The molecular formula is C21H20F4OS. The highest BCUT2D eigenvalue weighted by atomic mass is 32.2. The fourth-order valence-corrected chi connectivity index (χ4v) is 5.36. The topological polar surface area (TPSA) is 20.2 Å². The maximum atomic E-state index is 14.6. The van der Waals surface area contributed by atoms with E-state index in [0.717, 1.165) is 19.4 Å². The van der Waals surface area contributed by atoms with Gasteiger partial charge in [-0.15, -0.1) is 11.8 Å². The third-order valence-corrected chi connectivity index (χ3v) is 6.75. The second-order valence-corrected chi connectivity index (χ2v) is 8.42. The summed E-state index contributed by atoms with van der Waals surface area (Å²) >= 11 is 1.31. The first-order valence-electron chi connectivity index (χ1n) is 8.95. The molecule has 6 heteroatoms. The Morgan fingerprint density at radius 3 is 2.63 bits per heavy atom. The fraction of sp³-hybridized carbons (Fsp3) is 0.429. The lowest BCUT2D eigenvalue weighted by Crippen LogP contribution is -2.39. The lowest BCUT2D eigenvalue weighted by atomic mass is 9.76. The number of hydrogen-bond acceptors (Lipinski definition) is 2. The number of rotatable bonds is 2. The average Bonchev–Trinajstić information content (AvgIpc) is 2.78. The molecule has 2 atom stereocenters. The van der Waals surface area contributed by atoms with Crippen LogP contribution in [0.3, 0.4) is 0 Å². The summed E-state index contributed by atoms with van der Waals surface area (Å²) in [5, 5.41) is 10.6. The summed E-state index contributed by atoms with van der Waals surface area (Å²) < 4.78 is 57.5. The van der Waals surface area contributed by atoms with Gasteiger partial charge in [-0.25, -0.2) is 17.6 Å². The third kappa shape index (κ3) is 2.71. The molecule has 0 bridgehead atoms. The van der Waals surface area contributed by atoms with Crippen molar-refractivity contribution in [1.29, 1.82) is 0 Å². The second kappa shape index (κ2) is 6.24. The van der Waals surface area contributed by atoms with Gasteiger partial charge < -0.3 is 5.11 Å². The van der Waals surface area contributed by atoms with E-state index in [2.05, 4.69) is 0 Å². The molecule has 1 unspecified atom stereocenters. The van der Waals surface area contributed by atoms with Gasteiger partial charge in [-0.3, -0.25) is 0 Å². The Labute approximate surface area is 159 Å². The van der Waals surface area contributed by atoms with Crippen molar-refractivity contribution >= 4 is 11.8 Å². The highest BCUT2D eigenvalue weighted by Gasteiger charge is 2.58. The van der Waals surface area contributed by atoms with Crippen LogP contribution in [-0.2, 0) is 18.4 Å². The number of alkyl halides is 2. The van der Waals surface area contributed by atoms with E-state index in [9.17, 15) is 22.7 Å². The van der Waals surface area contributed by atoms with Crippen molar-refractivity contribution in [2.24, 2.45) is 0 Å². The monoisotopic (exact) mass is 396 g/mol. The van der Waals surface area contributed by atoms with Crippen molar-refractivity contribution in [2.45, 2.75) is 54.9 Å². The van der Waals surface area contributed by atoms with Gasteiger partial charge in [0.15, 0.2) is 5.60 Å². The fourth-order valence-electron chi connectivity index (χ4n) is 4.63. The summed E-state index contributed by atoms with van der Waals surface area (Å²) in [5.41, 5.74) is -0.00736. The first-order chi connectivity index (χ1) is 12.7. The van der Waals surface area contributed by atoms with Crippen LogP contribution in [0, 0.1) is 11.6 Å². The molecule has 0 amide bonds. The number of aliphatic hydroxyl groups is 1. The molecule has 2 aliphatic carbocycles. The van der Waals surface area contributed by atoms with Crippen LogP contribution in [0.2, 0.25) is 0 Å². The standard InChI is InChI=1S/C21H20F4OS/c1-20(26)19-15(10-21(20,24)25)13(6-7-17(19)27-2)14-5-3-4-11-8-12(22)9-16(23)18(11)14/h6-9,14,26H,3-5,10H2,1-2H3/t14-,20?/m1/s1. The van der Waals surface area contributed by atoms with Gasteiger partial charge in [0.1, 0.15) is 11.6 Å². The van der Waals surface area contributed by atoms with Crippen LogP contribution in [-0.4, -0.2) is 17.3 Å². The molecule has 27 heavy (non-hydrogen) atoms. The van der Waals surface area contributed by atoms with Crippen LogP contribution in [0.1, 0.15) is 53.5 Å². The molecule has 0 spiro atoms. The number of aryl methyl sites for hydroxylation is 1. The third-order valence-electron chi connectivity index (χ3n) is 5.97. The van der Waals surface area contributed by atoms with Gasteiger partial charge in [0, 0.05) is 28.9 Å². The van der Waals surface area contributed by atoms with Gasteiger partial charge in [0.25, 0.3) is 5.92 Å². The van der Waals surface area contributed by atoms with E-state index >= 15 is 0 Å². The molecule has 1 N–H and O–H groups in total. The van der Waals surface area contributed by atoms with Gasteiger partial charge in [-0.1, -0.05) is 6.07 Å². The molecule has 0 heterocycles. The molecule has 1 nitrogen and oxygen atoms in total. The lowest BCUT2D eigenvalue weighted by molar-refractivity contribution is -0.164. The minimum Gasteiger partial charge on any atom is -0.379 e. The zero-order valence-electron chi connectivity index (χ0n) is 15.1. The Kier molecular flexibility index (Phi) is 4.35. The molecular weight excluding hydrogens is 376 g/mol. The Hall–Kier alpha value is -1.53. The van der Waals surface area contributed by atoms with Gasteiger partial charge in [0.05, 0.1) is 0 Å². The zero-order valence-corrected chi connectivity index (χ0v) is 15.9. The summed E-state index contributed by atoms with van der Waals surface area (Å²) in [4.78, 5) is 0.603. The van der Waals surface area contributed by atoms with Gasteiger partial charge in [-0.05, 0) is 66.8 Å². The maximum Gasteiger partial charge on any atom is 0.284 e.